The number of imidazole rings is 1. The predicted octanol–water partition coefficient (Wildman–Crippen LogP) is 1.52. The first-order valence-corrected chi connectivity index (χ1v) is 6.01. The molecule has 2 heterocycles. The van der Waals surface area contributed by atoms with E-state index < -0.39 is 6.10 Å². The number of rotatable bonds is 4. The molecule has 0 aromatic carbocycles. The van der Waals surface area contributed by atoms with Gasteiger partial charge in [0.15, 0.2) is 0 Å². The quantitative estimate of drug-likeness (QED) is 0.869. The van der Waals surface area contributed by atoms with Crippen molar-refractivity contribution in [3.05, 3.63) is 36.2 Å². The zero-order valence-electron chi connectivity index (χ0n) is 9.82. The molecule has 1 fully saturated rings. The van der Waals surface area contributed by atoms with Crippen LogP contribution in [0.5, 0.6) is 0 Å². The summed E-state index contributed by atoms with van der Waals surface area (Å²) in [6.45, 7) is 2.84. The maximum Gasteiger partial charge on any atom is 0.124 e. The van der Waals surface area contributed by atoms with Gasteiger partial charge >= 0.3 is 0 Å². The van der Waals surface area contributed by atoms with E-state index in [1.165, 1.54) is 12.8 Å². The van der Waals surface area contributed by atoms with Crippen LogP contribution < -0.4 is 0 Å². The van der Waals surface area contributed by atoms with Gasteiger partial charge in [-0.15, -0.1) is 0 Å². The smallest absolute Gasteiger partial charge is 0.124 e. The van der Waals surface area contributed by atoms with E-state index in [1.807, 2.05) is 17.8 Å². The molecule has 0 spiro atoms. The van der Waals surface area contributed by atoms with Gasteiger partial charge in [0.25, 0.3) is 0 Å². The Hall–Kier alpha value is -1.62. The van der Waals surface area contributed by atoms with E-state index in [2.05, 4.69) is 14.6 Å². The fourth-order valence-electron chi connectivity index (χ4n) is 2.05. The topological polar surface area (TPSA) is 55.9 Å². The lowest BCUT2D eigenvalue weighted by molar-refractivity contribution is 0.209. The average molecular weight is 232 g/mol. The molecule has 1 atom stereocenters. The third-order valence-electron chi connectivity index (χ3n) is 3.21. The fourth-order valence-corrected chi connectivity index (χ4v) is 2.05. The van der Waals surface area contributed by atoms with E-state index in [4.69, 9.17) is 0 Å². The molecule has 1 saturated carbocycles. The zero-order valence-corrected chi connectivity index (χ0v) is 9.82. The molecular formula is C12H16N4O. The maximum atomic E-state index is 10.3. The number of nitrogens with zero attached hydrogens (tertiary/aromatic N) is 4. The van der Waals surface area contributed by atoms with Gasteiger partial charge in [0.2, 0.25) is 0 Å². The lowest BCUT2D eigenvalue weighted by Crippen LogP contribution is -2.06. The van der Waals surface area contributed by atoms with Crippen LogP contribution in [0.3, 0.4) is 0 Å². The molecule has 5 nitrogen and oxygen atoms in total. The molecule has 1 unspecified atom stereocenters. The lowest BCUT2D eigenvalue weighted by Gasteiger charge is -2.11. The molecule has 5 heteroatoms. The van der Waals surface area contributed by atoms with Crippen molar-refractivity contribution in [3.63, 3.8) is 0 Å². The summed E-state index contributed by atoms with van der Waals surface area (Å²) in [6.07, 6.45) is 8.90. The van der Waals surface area contributed by atoms with Crippen molar-refractivity contribution in [1.29, 1.82) is 0 Å². The minimum absolute atomic E-state index is 0.531. The number of hydrogen-bond acceptors (Lipinski definition) is 3. The Morgan fingerprint density at radius 1 is 1.47 bits per heavy atom. The highest BCUT2D eigenvalue weighted by atomic mass is 16.3. The van der Waals surface area contributed by atoms with Gasteiger partial charge in [0, 0.05) is 24.3 Å². The summed E-state index contributed by atoms with van der Waals surface area (Å²) >= 11 is 0. The van der Waals surface area contributed by atoms with E-state index in [9.17, 15) is 5.11 Å². The van der Waals surface area contributed by atoms with E-state index in [-0.39, 0.29) is 0 Å². The summed E-state index contributed by atoms with van der Waals surface area (Å²) in [7, 11) is 0. The van der Waals surface area contributed by atoms with Gasteiger partial charge < -0.3 is 9.67 Å². The second kappa shape index (κ2) is 4.00. The SMILES string of the molecule is CCn1cc(C(O)c2cncn2C2CC2)cn1. The largest absolute Gasteiger partial charge is 0.382 e. The van der Waals surface area contributed by atoms with Gasteiger partial charge in [-0.3, -0.25) is 4.68 Å². The van der Waals surface area contributed by atoms with Gasteiger partial charge in [0.05, 0.1) is 24.4 Å². The van der Waals surface area contributed by atoms with Gasteiger partial charge in [-0.2, -0.15) is 5.10 Å². The first kappa shape index (κ1) is 10.5. The summed E-state index contributed by atoms with van der Waals surface area (Å²) in [6, 6.07) is 0.531. The van der Waals surface area contributed by atoms with Crippen LogP contribution in [0.25, 0.3) is 0 Å². The van der Waals surface area contributed by atoms with Crippen LogP contribution in [0.1, 0.15) is 43.2 Å². The van der Waals surface area contributed by atoms with Crippen LogP contribution in [0.15, 0.2) is 24.9 Å². The minimum Gasteiger partial charge on any atom is -0.382 e. The van der Waals surface area contributed by atoms with Gasteiger partial charge in [0.1, 0.15) is 6.10 Å². The van der Waals surface area contributed by atoms with E-state index in [0.717, 1.165) is 17.8 Å². The molecule has 0 aliphatic heterocycles. The van der Waals surface area contributed by atoms with Crippen molar-refractivity contribution in [3.8, 4) is 0 Å². The summed E-state index contributed by atoms with van der Waals surface area (Å²) in [5.74, 6) is 0. The number of aromatic nitrogens is 4. The fraction of sp³-hybridized carbons (Fsp3) is 0.500. The third kappa shape index (κ3) is 1.86. The molecule has 0 bridgehead atoms. The van der Waals surface area contributed by atoms with Gasteiger partial charge in [-0.1, -0.05) is 0 Å². The minimum atomic E-state index is -0.626. The van der Waals surface area contributed by atoms with Crippen LogP contribution in [-0.4, -0.2) is 24.4 Å². The molecule has 1 aliphatic rings. The molecule has 0 saturated heterocycles. The Morgan fingerprint density at radius 3 is 2.94 bits per heavy atom. The molecule has 90 valence electrons. The molecule has 17 heavy (non-hydrogen) atoms. The Balaban J connectivity index is 1.89. The molecule has 1 aliphatic carbocycles. The second-order valence-electron chi connectivity index (χ2n) is 4.49. The van der Waals surface area contributed by atoms with E-state index in [0.29, 0.717) is 6.04 Å². The number of hydrogen-bond donors (Lipinski definition) is 1. The van der Waals surface area contributed by atoms with Crippen LogP contribution in [-0.2, 0) is 6.54 Å². The Morgan fingerprint density at radius 2 is 2.29 bits per heavy atom. The van der Waals surface area contributed by atoms with Crippen molar-refractivity contribution < 1.29 is 5.11 Å². The summed E-state index contributed by atoms with van der Waals surface area (Å²) in [5.41, 5.74) is 1.69. The highest BCUT2D eigenvalue weighted by Gasteiger charge is 2.28. The standard InChI is InChI=1S/C12H16N4O/c1-2-15-7-9(5-14-15)12(17)11-6-13-8-16(11)10-3-4-10/h5-8,10,12,17H,2-4H2,1H3. The third-order valence-corrected chi connectivity index (χ3v) is 3.21. The molecule has 2 aromatic heterocycles. The molecule has 0 amide bonds. The molecule has 3 rings (SSSR count). The van der Waals surface area contributed by atoms with Crippen LogP contribution in [0.2, 0.25) is 0 Å². The van der Waals surface area contributed by atoms with Crippen molar-refractivity contribution in [2.75, 3.05) is 0 Å². The first-order valence-electron chi connectivity index (χ1n) is 6.01. The summed E-state index contributed by atoms with van der Waals surface area (Å²) in [4.78, 5) is 4.13. The number of aryl methyl sites for hydroxylation is 1. The predicted molar refractivity (Wildman–Crippen MR) is 62.5 cm³/mol. The molecule has 2 aromatic rings. The highest BCUT2D eigenvalue weighted by molar-refractivity contribution is 5.21. The Kier molecular flexibility index (Phi) is 2.48. The maximum absolute atomic E-state index is 10.3. The number of aliphatic hydroxyl groups is 1. The van der Waals surface area contributed by atoms with Gasteiger partial charge in [-0.25, -0.2) is 4.98 Å². The zero-order chi connectivity index (χ0) is 11.8. The van der Waals surface area contributed by atoms with Crippen molar-refractivity contribution in [2.24, 2.45) is 0 Å². The van der Waals surface area contributed by atoms with Crippen LogP contribution in [0, 0.1) is 0 Å². The molecule has 0 radical (unpaired) electrons. The highest BCUT2D eigenvalue weighted by Crippen LogP contribution is 2.37. The Labute approximate surface area is 99.7 Å². The van der Waals surface area contributed by atoms with Crippen molar-refractivity contribution >= 4 is 0 Å². The summed E-state index contributed by atoms with van der Waals surface area (Å²) < 4.78 is 3.89. The lowest BCUT2D eigenvalue weighted by atomic mass is 10.1. The second-order valence-corrected chi connectivity index (χ2v) is 4.49. The molecule has 1 N–H and O–H groups in total. The normalized spacial score (nSPS) is 17.3. The van der Waals surface area contributed by atoms with Crippen LogP contribution in [0.4, 0.5) is 0 Å². The van der Waals surface area contributed by atoms with Crippen molar-refractivity contribution in [2.45, 2.75) is 38.5 Å². The first-order chi connectivity index (χ1) is 8.29. The summed E-state index contributed by atoms with van der Waals surface area (Å²) in [5, 5.41) is 14.5. The van der Waals surface area contributed by atoms with E-state index in [1.54, 1.807) is 18.7 Å². The molecular weight excluding hydrogens is 216 g/mol. The average Bonchev–Trinajstić information content (AvgIpc) is 2.92. The van der Waals surface area contributed by atoms with E-state index >= 15 is 0 Å². The number of aliphatic hydroxyl groups excluding tert-OH is 1. The van der Waals surface area contributed by atoms with Crippen LogP contribution >= 0.6 is 0 Å². The van der Waals surface area contributed by atoms with Gasteiger partial charge in [-0.05, 0) is 19.8 Å². The Bertz CT molecular complexity index is 512. The monoisotopic (exact) mass is 232 g/mol. The van der Waals surface area contributed by atoms with Crippen molar-refractivity contribution in [1.82, 2.24) is 19.3 Å².